The maximum absolute atomic E-state index is 12.9. The number of benzene rings is 1. The van der Waals surface area contributed by atoms with Gasteiger partial charge < -0.3 is 4.55 Å². The molecule has 0 heterocycles. The third kappa shape index (κ3) is 3.79. The normalized spacial score (nSPS) is 11.9. The van der Waals surface area contributed by atoms with E-state index in [1.165, 1.54) is 0 Å². The van der Waals surface area contributed by atoms with Crippen molar-refractivity contribution in [3.05, 3.63) is 24.0 Å². The van der Waals surface area contributed by atoms with E-state index in [9.17, 15) is 25.8 Å². The van der Waals surface area contributed by atoms with Gasteiger partial charge in [0.25, 0.3) is 0 Å². The van der Waals surface area contributed by atoms with E-state index in [1.807, 2.05) is 0 Å². The minimum atomic E-state index is -5.01. The Morgan fingerprint density at radius 3 is 2.06 bits per heavy atom. The Morgan fingerprint density at radius 2 is 1.69 bits per heavy atom. The largest absolute Gasteiger partial charge is 1.00 e. The van der Waals surface area contributed by atoms with Crippen LogP contribution < -0.4 is 29.6 Å². The zero-order chi connectivity index (χ0) is 11.9. The monoisotopic (exact) mass is 276 g/mol. The van der Waals surface area contributed by atoms with E-state index in [1.54, 1.807) is 0 Å². The summed E-state index contributed by atoms with van der Waals surface area (Å²) in [5.74, 6) is -1.27. The fraction of sp³-hybridized carbons (Fsp3) is 0.143. The molecule has 0 saturated carbocycles. The minimum Gasteiger partial charge on any atom is -0.744 e. The average molecular weight is 276 g/mol. The molecule has 0 amide bonds. The van der Waals surface area contributed by atoms with E-state index < -0.39 is 35.6 Å². The van der Waals surface area contributed by atoms with Crippen LogP contribution in [0.4, 0.5) is 4.39 Å². The van der Waals surface area contributed by atoms with Gasteiger partial charge >= 0.3 is 29.6 Å². The molecule has 0 spiro atoms. The molecule has 0 radical (unpaired) electrons. The molecule has 9 heteroatoms. The summed E-state index contributed by atoms with van der Waals surface area (Å²) in [7, 11) is -8.68. The van der Waals surface area contributed by atoms with Crippen molar-refractivity contribution in [2.45, 2.75) is 9.79 Å². The standard InChI is InChI=1S/C7H7FO5S2.Na/c1-14(9,10)5-2-3-6(8)7(4-5)15(11,12)13;/h2-4H,1H3,(H,11,12,13);/q;+1/p-1. The maximum Gasteiger partial charge on any atom is 1.00 e. The maximum atomic E-state index is 12.9. The summed E-state index contributed by atoms with van der Waals surface area (Å²) < 4.78 is 66.5. The van der Waals surface area contributed by atoms with Crippen LogP contribution in [0.1, 0.15) is 0 Å². The van der Waals surface area contributed by atoms with E-state index in [0.29, 0.717) is 12.1 Å². The van der Waals surface area contributed by atoms with Crippen molar-refractivity contribution in [3.8, 4) is 0 Å². The molecular formula is C7H6FNaO5S2. The first-order valence-corrected chi connectivity index (χ1v) is 6.88. The molecule has 0 fully saturated rings. The van der Waals surface area contributed by atoms with E-state index in [2.05, 4.69) is 0 Å². The second-order valence-corrected chi connectivity index (χ2v) is 6.18. The molecule has 16 heavy (non-hydrogen) atoms. The zero-order valence-corrected chi connectivity index (χ0v) is 12.1. The summed E-state index contributed by atoms with van der Waals surface area (Å²) >= 11 is 0. The average Bonchev–Trinajstić information content (AvgIpc) is 2.00. The molecule has 0 aliphatic carbocycles. The second-order valence-electron chi connectivity index (χ2n) is 2.82. The summed E-state index contributed by atoms with van der Waals surface area (Å²) in [6.45, 7) is 0. The third-order valence-electron chi connectivity index (χ3n) is 1.60. The Balaban J connectivity index is 0.00000225. The topological polar surface area (TPSA) is 91.3 Å². The number of rotatable bonds is 2. The first kappa shape index (κ1) is 16.0. The summed E-state index contributed by atoms with van der Waals surface area (Å²) in [4.78, 5) is -1.58. The molecule has 0 aromatic heterocycles. The van der Waals surface area contributed by atoms with Gasteiger partial charge in [-0.1, -0.05) is 0 Å². The van der Waals surface area contributed by atoms with Crippen LogP contribution in [-0.4, -0.2) is 27.6 Å². The number of sulfone groups is 1. The van der Waals surface area contributed by atoms with E-state index in [-0.39, 0.29) is 29.6 Å². The molecule has 0 unspecified atom stereocenters. The smallest absolute Gasteiger partial charge is 0.744 e. The van der Waals surface area contributed by atoms with Gasteiger partial charge in [-0.15, -0.1) is 0 Å². The fourth-order valence-corrected chi connectivity index (χ4v) is 2.21. The van der Waals surface area contributed by atoms with Crippen LogP contribution in [0.3, 0.4) is 0 Å². The van der Waals surface area contributed by atoms with Crippen molar-refractivity contribution in [2.24, 2.45) is 0 Å². The first-order valence-electron chi connectivity index (χ1n) is 3.58. The van der Waals surface area contributed by atoms with Gasteiger partial charge in [-0.05, 0) is 18.2 Å². The Kier molecular flexibility index (Phi) is 5.11. The van der Waals surface area contributed by atoms with Gasteiger partial charge in [-0.3, -0.25) is 0 Å². The summed E-state index contributed by atoms with van der Waals surface area (Å²) in [6.07, 6.45) is 0.821. The minimum absolute atomic E-state index is 0. The van der Waals surface area contributed by atoms with Crippen molar-refractivity contribution in [1.82, 2.24) is 0 Å². The number of hydrogen-bond acceptors (Lipinski definition) is 5. The van der Waals surface area contributed by atoms with Crippen LogP contribution in [0.2, 0.25) is 0 Å². The second kappa shape index (κ2) is 5.11. The fourth-order valence-electron chi connectivity index (χ4n) is 0.906. The van der Waals surface area contributed by atoms with Crippen molar-refractivity contribution in [2.75, 3.05) is 6.26 Å². The van der Waals surface area contributed by atoms with Gasteiger partial charge in [0.1, 0.15) is 15.9 Å². The number of halogens is 1. The molecule has 84 valence electrons. The molecule has 1 rings (SSSR count). The van der Waals surface area contributed by atoms with Gasteiger partial charge in [0.15, 0.2) is 9.84 Å². The molecule has 0 saturated heterocycles. The molecule has 0 atom stereocenters. The zero-order valence-electron chi connectivity index (χ0n) is 8.47. The molecule has 1 aromatic rings. The van der Waals surface area contributed by atoms with Crippen LogP contribution >= 0.6 is 0 Å². The van der Waals surface area contributed by atoms with E-state index >= 15 is 0 Å². The van der Waals surface area contributed by atoms with Crippen molar-refractivity contribution in [1.29, 1.82) is 0 Å². The van der Waals surface area contributed by atoms with E-state index in [0.717, 1.165) is 12.3 Å². The van der Waals surface area contributed by atoms with Gasteiger partial charge in [-0.25, -0.2) is 21.2 Å². The summed E-state index contributed by atoms with van der Waals surface area (Å²) in [6, 6.07) is 2.02. The first-order chi connectivity index (χ1) is 6.62. The molecular weight excluding hydrogens is 270 g/mol. The van der Waals surface area contributed by atoms with Crippen LogP contribution in [0, 0.1) is 5.82 Å². The number of hydrogen-bond donors (Lipinski definition) is 0. The van der Waals surface area contributed by atoms with Gasteiger partial charge in [0, 0.05) is 6.26 Å². The Bertz CT molecular complexity index is 593. The van der Waals surface area contributed by atoms with Gasteiger partial charge in [0.2, 0.25) is 0 Å². The van der Waals surface area contributed by atoms with Crippen LogP contribution in [0.5, 0.6) is 0 Å². The molecule has 0 bridgehead atoms. The van der Waals surface area contributed by atoms with Crippen molar-refractivity contribution < 1.29 is 55.3 Å². The molecule has 5 nitrogen and oxygen atoms in total. The summed E-state index contributed by atoms with van der Waals surface area (Å²) in [5, 5.41) is 0. The molecule has 0 aliphatic heterocycles. The third-order valence-corrected chi connectivity index (χ3v) is 3.56. The predicted octanol–water partition coefficient (Wildman–Crippen LogP) is -2.86. The molecule has 0 N–H and O–H groups in total. The van der Waals surface area contributed by atoms with Gasteiger partial charge in [0.05, 0.1) is 9.79 Å². The quantitative estimate of drug-likeness (QED) is 0.329. The Hall–Kier alpha value is 0.01000. The summed E-state index contributed by atoms with van der Waals surface area (Å²) in [5.41, 5.74) is 0. The molecule has 1 aromatic carbocycles. The SMILES string of the molecule is CS(=O)(=O)c1ccc(F)c(S(=O)(=O)[O-])c1.[Na+]. The Labute approximate surface area is 115 Å². The predicted molar refractivity (Wildman–Crippen MR) is 47.5 cm³/mol. The van der Waals surface area contributed by atoms with Crippen LogP contribution in [0.25, 0.3) is 0 Å². The van der Waals surface area contributed by atoms with Crippen molar-refractivity contribution >= 4 is 20.0 Å². The van der Waals surface area contributed by atoms with Crippen LogP contribution in [-0.2, 0) is 20.0 Å². The van der Waals surface area contributed by atoms with Crippen molar-refractivity contribution in [3.63, 3.8) is 0 Å². The Morgan fingerprint density at radius 1 is 1.19 bits per heavy atom. The van der Waals surface area contributed by atoms with Gasteiger partial charge in [-0.2, -0.15) is 0 Å². The molecule has 0 aliphatic rings. The van der Waals surface area contributed by atoms with Crippen LogP contribution in [0.15, 0.2) is 28.0 Å². The van der Waals surface area contributed by atoms with E-state index in [4.69, 9.17) is 0 Å².